The highest BCUT2D eigenvalue weighted by Gasteiger charge is 2.24. The van der Waals surface area contributed by atoms with Crippen LogP contribution in [0.15, 0.2) is 60.0 Å². The third-order valence-electron chi connectivity index (χ3n) is 4.63. The molecule has 0 radical (unpaired) electrons. The SMILES string of the molecule is CC1CN(c2nc(-c3cccc(NC(=O)c4ccccc4)c3)cs2)CC(C)O1. The lowest BCUT2D eigenvalue weighted by Crippen LogP contribution is -2.45. The fourth-order valence-electron chi connectivity index (χ4n) is 3.43. The number of nitrogens with zero attached hydrogens (tertiary/aromatic N) is 2. The second-order valence-corrected chi connectivity index (χ2v) is 7.92. The van der Waals surface area contributed by atoms with Crippen molar-refractivity contribution >= 4 is 28.1 Å². The molecular weight excluding hydrogens is 370 g/mol. The Balaban J connectivity index is 1.50. The number of carbonyl (C=O) groups excluding carboxylic acids is 1. The van der Waals surface area contributed by atoms with Crippen LogP contribution in [0.4, 0.5) is 10.8 Å². The molecule has 2 aromatic carbocycles. The predicted molar refractivity (Wildman–Crippen MR) is 114 cm³/mol. The molecule has 28 heavy (non-hydrogen) atoms. The molecule has 3 aromatic rings. The second-order valence-electron chi connectivity index (χ2n) is 7.08. The average Bonchev–Trinajstić information content (AvgIpc) is 3.18. The summed E-state index contributed by atoms with van der Waals surface area (Å²) >= 11 is 1.64. The van der Waals surface area contributed by atoms with Gasteiger partial charge in [0, 0.05) is 35.3 Å². The van der Waals surface area contributed by atoms with Crippen molar-refractivity contribution in [2.45, 2.75) is 26.1 Å². The van der Waals surface area contributed by atoms with E-state index in [0.717, 1.165) is 35.2 Å². The molecule has 0 spiro atoms. The Kier molecular flexibility index (Phi) is 5.41. The number of rotatable bonds is 4. The molecule has 1 aliphatic heterocycles. The molecule has 1 fully saturated rings. The van der Waals surface area contributed by atoms with Gasteiger partial charge in [-0.3, -0.25) is 4.79 Å². The first-order valence-electron chi connectivity index (χ1n) is 9.41. The van der Waals surface area contributed by atoms with E-state index in [1.165, 1.54) is 0 Å². The zero-order valence-electron chi connectivity index (χ0n) is 16.0. The molecule has 5 nitrogen and oxygen atoms in total. The summed E-state index contributed by atoms with van der Waals surface area (Å²) in [7, 11) is 0. The number of aromatic nitrogens is 1. The highest BCUT2D eigenvalue weighted by molar-refractivity contribution is 7.14. The van der Waals surface area contributed by atoms with E-state index in [1.54, 1.807) is 23.5 Å². The fraction of sp³-hybridized carbons (Fsp3) is 0.273. The number of benzene rings is 2. The van der Waals surface area contributed by atoms with Crippen molar-refractivity contribution < 1.29 is 9.53 Å². The minimum absolute atomic E-state index is 0.118. The molecule has 4 rings (SSSR count). The molecule has 0 aliphatic carbocycles. The van der Waals surface area contributed by atoms with Gasteiger partial charge in [0.25, 0.3) is 5.91 Å². The largest absolute Gasteiger partial charge is 0.372 e. The molecule has 2 atom stereocenters. The van der Waals surface area contributed by atoms with Crippen molar-refractivity contribution in [1.82, 2.24) is 4.98 Å². The summed E-state index contributed by atoms with van der Waals surface area (Å²) in [4.78, 5) is 19.5. The normalized spacial score (nSPS) is 19.4. The molecule has 1 amide bonds. The number of thiazole rings is 1. The summed E-state index contributed by atoms with van der Waals surface area (Å²) in [5.74, 6) is -0.118. The molecular formula is C22H23N3O2S. The fourth-order valence-corrected chi connectivity index (χ4v) is 4.28. The van der Waals surface area contributed by atoms with Crippen LogP contribution in [0.1, 0.15) is 24.2 Å². The predicted octanol–water partition coefficient (Wildman–Crippen LogP) is 4.68. The first-order valence-corrected chi connectivity index (χ1v) is 10.3. The third-order valence-corrected chi connectivity index (χ3v) is 5.54. The van der Waals surface area contributed by atoms with E-state index < -0.39 is 0 Å². The van der Waals surface area contributed by atoms with Gasteiger partial charge >= 0.3 is 0 Å². The number of morpholine rings is 1. The number of hydrogen-bond acceptors (Lipinski definition) is 5. The lowest BCUT2D eigenvalue weighted by Gasteiger charge is -2.35. The standard InChI is InChI=1S/C22H23N3O2S/c1-15-12-25(13-16(2)27-15)22-24-20(14-28-22)18-9-6-10-19(11-18)23-21(26)17-7-4-3-5-8-17/h3-11,14-16H,12-13H2,1-2H3,(H,23,26). The molecule has 0 saturated carbocycles. The van der Waals surface area contributed by atoms with E-state index in [4.69, 9.17) is 9.72 Å². The maximum absolute atomic E-state index is 12.4. The van der Waals surface area contributed by atoms with Crippen molar-refractivity contribution in [3.63, 3.8) is 0 Å². The van der Waals surface area contributed by atoms with Crippen LogP contribution in [0.25, 0.3) is 11.3 Å². The van der Waals surface area contributed by atoms with Gasteiger partial charge in [-0.05, 0) is 38.1 Å². The third kappa shape index (κ3) is 4.24. The molecule has 144 valence electrons. The Morgan fingerprint density at radius 3 is 2.61 bits per heavy atom. The number of anilines is 2. The summed E-state index contributed by atoms with van der Waals surface area (Å²) in [5.41, 5.74) is 3.30. The molecule has 2 heterocycles. The van der Waals surface area contributed by atoms with Crippen LogP contribution < -0.4 is 10.2 Å². The van der Waals surface area contributed by atoms with Gasteiger partial charge in [-0.1, -0.05) is 30.3 Å². The molecule has 6 heteroatoms. The van der Waals surface area contributed by atoms with Crippen LogP contribution in [0.2, 0.25) is 0 Å². The molecule has 0 bridgehead atoms. The number of carbonyl (C=O) groups is 1. The van der Waals surface area contributed by atoms with Crippen LogP contribution in [-0.2, 0) is 4.74 Å². The summed E-state index contributed by atoms with van der Waals surface area (Å²) in [6.07, 6.45) is 0.403. The summed E-state index contributed by atoms with van der Waals surface area (Å²) in [5, 5.41) is 6.04. The van der Waals surface area contributed by atoms with Crippen LogP contribution >= 0.6 is 11.3 Å². The van der Waals surface area contributed by atoms with Gasteiger partial charge in [0.05, 0.1) is 17.9 Å². The van der Waals surface area contributed by atoms with E-state index in [2.05, 4.69) is 29.4 Å². The maximum Gasteiger partial charge on any atom is 0.255 e. The van der Waals surface area contributed by atoms with Crippen molar-refractivity contribution in [1.29, 1.82) is 0 Å². The zero-order valence-corrected chi connectivity index (χ0v) is 16.8. The number of hydrogen-bond donors (Lipinski definition) is 1. The van der Waals surface area contributed by atoms with E-state index in [-0.39, 0.29) is 18.1 Å². The Bertz CT molecular complexity index is 947. The quantitative estimate of drug-likeness (QED) is 0.699. The van der Waals surface area contributed by atoms with Gasteiger partial charge in [0.15, 0.2) is 5.13 Å². The van der Waals surface area contributed by atoms with Crippen LogP contribution in [-0.4, -0.2) is 36.2 Å². The molecule has 1 aromatic heterocycles. The lowest BCUT2D eigenvalue weighted by atomic mass is 10.1. The smallest absolute Gasteiger partial charge is 0.255 e. The molecule has 1 saturated heterocycles. The van der Waals surface area contributed by atoms with E-state index in [1.807, 2.05) is 42.5 Å². The lowest BCUT2D eigenvalue weighted by molar-refractivity contribution is -0.00522. The van der Waals surface area contributed by atoms with Crippen LogP contribution in [0.3, 0.4) is 0 Å². The Morgan fingerprint density at radius 1 is 1.11 bits per heavy atom. The average molecular weight is 394 g/mol. The highest BCUT2D eigenvalue weighted by atomic mass is 32.1. The van der Waals surface area contributed by atoms with Crippen molar-refractivity contribution in [2.75, 3.05) is 23.3 Å². The highest BCUT2D eigenvalue weighted by Crippen LogP contribution is 2.30. The van der Waals surface area contributed by atoms with Crippen molar-refractivity contribution in [3.05, 3.63) is 65.5 Å². The van der Waals surface area contributed by atoms with Crippen molar-refractivity contribution in [2.24, 2.45) is 0 Å². The first kappa shape index (κ1) is 18.7. The van der Waals surface area contributed by atoms with Gasteiger partial charge in [0.2, 0.25) is 0 Å². The monoisotopic (exact) mass is 393 g/mol. The van der Waals surface area contributed by atoms with Gasteiger partial charge in [-0.2, -0.15) is 0 Å². The second kappa shape index (κ2) is 8.12. The maximum atomic E-state index is 12.4. The van der Waals surface area contributed by atoms with Crippen molar-refractivity contribution in [3.8, 4) is 11.3 Å². The Labute approximate surface area is 169 Å². The molecule has 1 N–H and O–H groups in total. The van der Waals surface area contributed by atoms with E-state index in [0.29, 0.717) is 5.56 Å². The van der Waals surface area contributed by atoms with Gasteiger partial charge in [-0.15, -0.1) is 11.3 Å². The topological polar surface area (TPSA) is 54.5 Å². The zero-order chi connectivity index (χ0) is 19.5. The number of amides is 1. The Hall–Kier alpha value is -2.70. The van der Waals surface area contributed by atoms with Crippen LogP contribution in [0, 0.1) is 0 Å². The molecule has 1 aliphatic rings. The summed E-state index contributed by atoms with van der Waals surface area (Å²) in [6, 6.07) is 17.0. The minimum Gasteiger partial charge on any atom is -0.372 e. The molecule has 2 unspecified atom stereocenters. The number of ether oxygens (including phenoxy) is 1. The summed E-state index contributed by atoms with van der Waals surface area (Å²) in [6.45, 7) is 5.89. The van der Waals surface area contributed by atoms with E-state index >= 15 is 0 Å². The number of nitrogens with one attached hydrogen (secondary N) is 1. The first-order chi connectivity index (χ1) is 13.6. The van der Waals surface area contributed by atoms with Gasteiger partial charge in [-0.25, -0.2) is 4.98 Å². The minimum atomic E-state index is -0.118. The Morgan fingerprint density at radius 2 is 1.86 bits per heavy atom. The van der Waals surface area contributed by atoms with Gasteiger partial charge in [0.1, 0.15) is 0 Å². The van der Waals surface area contributed by atoms with E-state index in [9.17, 15) is 4.79 Å². The van der Waals surface area contributed by atoms with Crippen LogP contribution in [0.5, 0.6) is 0 Å². The summed E-state index contributed by atoms with van der Waals surface area (Å²) < 4.78 is 5.81. The van der Waals surface area contributed by atoms with Gasteiger partial charge < -0.3 is 15.0 Å².